The number of ether oxygens (including phenoxy) is 2. The van der Waals surface area contributed by atoms with Gasteiger partial charge in [0.05, 0.1) is 18.7 Å². The summed E-state index contributed by atoms with van der Waals surface area (Å²) in [7, 11) is 0. The summed E-state index contributed by atoms with van der Waals surface area (Å²) in [6.07, 6.45) is 5.15. The van der Waals surface area contributed by atoms with Crippen molar-refractivity contribution in [1.82, 2.24) is 4.98 Å². The molecule has 1 aromatic heterocycles. The Bertz CT molecular complexity index is 945. The van der Waals surface area contributed by atoms with E-state index in [0.29, 0.717) is 19.6 Å². The molecule has 0 amide bonds. The van der Waals surface area contributed by atoms with E-state index in [2.05, 4.69) is 11.9 Å². The van der Waals surface area contributed by atoms with E-state index in [9.17, 15) is 9.90 Å². The Balaban J connectivity index is 1.39. The van der Waals surface area contributed by atoms with Gasteiger partial charge in [-0.15, -0.1) is 11.8 Å². The molecule has 158 valence electrons. The molecule has 3 rings (SSSR count). The van der Waals surface area contributed by atoms with Crippen LogP contribution in [0.2, 0.25) is 0 Å². The molecule has 1 heterocycles. The summed E-state index contributed by atoms with van der Waals surface area (Å²) >= 11 is 1.40. The van der Waals surface area contributed by atoms with E-state index < -0.39 is 11.2 Å². The largest absolute Gasteiger partial charge is 0.493 e. The molecule has 2 aromatic carbocycles. The Morgan fingerprint density at radius 2 is 1.77 bits per heavy atom. The van der Waals surface area contributed by atoms with Crippen LogP contribution in [0.25, 0.3) is 10.9 Å². The maximum absolute atomic E-state index is 11.4. The number of aromatic nitrogens is 1. The van der Waals surface area contributed by atoms with E-state index >= 15 is 0 Å². The minimum absolute atomic E-state index is 0.403. The number of carboxylic acid groups (broad SMARTS) is 1. The van der Waals surface area contributed by atoms with E-state index in [4.69, 9.17) is 9.47 Å². The molecular formula is C24H27NO4S. The van der Waals surface area contributed by atoms with Gasteiger partial charge in [-0.2, -0.15) is 0 Å². The van der Waals surface area contributed by atoms with Crippen LogP contribution in [0.3, 0.4) is 0 Å². The van der Waals surface area contributed by atoms with Crippen LogP contribution >= 0.6 is 11.8 Å². The van der Waals surface area contributed by atoms with E-state index in [1.807, 2.05) is 54.6 Å². The molecular weight excluding hydrogens is 398 g/mol. The predicted molar refractivity (Wildman–Crippen MR) is 121 cm³/mol. The highest BCUT2D eigenvalue weighted by Gasteiger charge is 2.18. The minimum Gasteiger partial charge on any atom is -0.493 e. The number of carbonyl (C=O) groups is 1. The number of hydrogen-bond acceptors (Lipinski definition) is 5. The first-order chi connectivity index (χ1) is 14.7. The van der Waals surface area contributed by atoms with Gasteiger partial charge in [0, 0.05) is 22.9 Å². The van der Waals surface area contributed by atoms with Crippen molar-refractivity contribution in [2.24, 2.45) is 0 Å². The van der Waals surface area contributed by atoms with Gasteiger partial charge in [0.2, 0.25) is 0 Å². The van der Waals surface area contributed by atoms with Gasteiger partial charge in [0.25, 0.3) is 0 Å². The number of nitrogens with zero attached hydrogens (tertiary/aromatic N) is 1. The summed E-state index contributed by atoms with van der Waals surface area (Å²) in [6, 6.07) is 17.4. The van der Waals surface area contributed by atoms with Crippen molar-refractivity contribution >= 4 is 28.6 Å². The first-order valence-electron chi connectivity index (χ1n) is 10.3. The smallest absolute Gasteiger partial charge is 0.316 e. The first-order valence-corrected chi connectivity index (χ1v) is 11.1. The highest BCUT2D eigenvalue weighted by Crippen LogP contribution is 2.28. The second kappa shape index (κ2) is 11.5. The van der Waals surface area contributed by atoms with Gasteiger partial charge in [0.1, 0.15) is 16.7 Å². The molecule has 0 saturated heterocycles. The quantitative estimate of drug-likeness (QED) is 0.291. The van der Waals surface area contributed by atoms with E-state index in [0.717, 1.165) is 46.6 Å². The van der Waals surface area contributed by atoms with Crippen LogP contribution in [0.4, 0.5) is 0 Å². The Hall–Kier alpha value is -2.73. The lowest BCUT2D eigenvalue weighted by atomic mass is 10.2. The fraction of sp³-hybridized carbons (Fsp3) is 0.333. The van der Waals surface area contributed by atoms with Crippen LogP contribution in [0.15, 0.2) is 65.7 Å². The summed E-state index contributed by atoms with van der Waals surface area (Å²) in [5.41, 5.74) is 0.954. The molecule has 6 heteroatoms. The number of carboxylic acids is 1. The molecule has 0 radical (unpaired) electrons. The zero-order valence-corrected chi connectivity index (χ0v) is 17.9. The van der Waals surface area contributed by atoms with Gasteiger partial charge in [0.15, 0.2) is 0 Å². The number of hydrogen-bond donors (Lipinski definition) is 1. The fourth-order valence-corrected chi connectivity index (χ4v) is 3.99. The first kappa shape index (κ1) is 22.0. The summed E-state index contributed by atoms with van der Waals surface area (Å²) in [5, 5.41) is 10.0. The molecule has 0 aliphatic heterocycles. The monoisotopic (exact) mass is 425 g/mol. The van der Waals surface area contributed by atoms with Crippen LogP contribution in [-0.2, 0) is 4.79 Å². The highest BCUT2D eigenvalue weighted by molar-refractivity contribution is 8.00. The van der Waals surface area contributed by atoms with Gasteiger partial charge >= 0.3 is 5.97 Å². The van der Waals surface area contributed by atoms with E-state index in [-0.39, 0.29) is 0 Å². The van der Waals surface area contributed by atoms with Gasteiger partial charge in [-0.05, 0) is 55.0 Å². The normalized spacial score (nSPS) is 11.9. The molecule has 0 aliphatic rings. The van der Waals surface area contributed by atoms with E-state index in [1.54, 1.807) is 6.20 Å². The van der Waals surface area contributed by atoms with Gasteiger partial charge in [-0.1, -0.05) is 25.8 Å². The molecule has 0 bridgehead atoms. The zero-order valence-electron chi connectivity index (χ0n) is 17.1. The molecule has 1 N–H and O–H groups in total. The Morgan fingerprint density at radius 3 is 2.50 bits per heavy atom. The molecule has 30 heavy (non-hydrogen) atoms. The molecule has 0 spiro atoms. The number of benzene rings is 2. The van der Waals surface area contributed by atoms with Crippen LogP contribution in [0.5, 0.6) is 11.5 Å². The van der Waals surface area contributed by atoms with Crippen molar-refractivity contribution in [2.45, 2.75) is 42.8 Å². The lowest BCUT2D eigenvalue weighted by Crippen LogP contribution is -2.15. The van der Waals surface area contributed by atoms with Gasteiger partial charge in [-0.25, -0.2) is 0 Å². The summed E-state index contributed by atoms with van der Waals surface area (Å²) in [5.74, 6) is 0.848. The molecule has 0 aliphatic carbocycles. The average Bonchev–Trinajstić information content (AvgIpc) is 2.77. The van der Waals surface area contributed by atoms with Crippen molar-refractivity contribution in [1.29, 1.82) is 0 Å². The average molecular weight is 426 g/mol. The van der Waals surface area contributed by atoms with Crippen LogP contribution in [0.1, 0.15) is 32.6 Å². The Morgan fingerprint density at radius 1 is 1.03 bits per heavy atom. The lowest BCUT2D eigenvalue weighted by Gasteiger charge is -2.12. The second-order valence-electron chi connectivity index (χ2n) is 6.97. The fourth-order valence-electron chi connectivity index (χ4n) is 2.98. The minimum atomic E-state index is -0.753. The molecule has 3 aromatic rings. The second-order valence-corrected chi connectivity index (χ2v) is 8.24. The number of rotatable bonds is 12. The predicted octanol–water partition coefficient (Wildman–Crippen LogP) is 5.82. The maximum atomic E-state index is 11.4. The van der Waals surface area contributed by atoms with Crippen LogP contribution in [-0.4, -0.2) is 34.5 Å². The number of thioether (sulfide) groups is 1. The molecule has 1 atom stereocenters. The van der Waals surface area contributed by atoms with Crippen molar-refractivity contribution in [3.05, 3.63) is 60.8 Å². The molecule has 5 nitrogen and oxygen atoms in total. The third kappa shape index (κ3) is 6.66. The van der Waals surface area contributed by atoms with Crippen LogP contribution < -0.4 is 9.47 Å². The Kier molecular flexibility index (Phi) is 8.39. The van der Waals surface area contributed by atoms with Crippen molar-refractivity contribution in [2.75, 3.05) is 13.2 Å². The van der Waals surface area contributed by atoms with Crippen molar-refractivity contribution in [3.63, 3.8) is 0 Å². The summed E-state index contributed by atoms with van der Waals surface area (Å²) in [6.45, 7) is 3.19. The number of unbranched alkanes of at least 4 members (excludes halogenated alkanes) is 1. The lowest BCUT2D eigenvalue weighted by molar-refractivity contribution is -0.136. The molecule has 0 saturated carbocycles. The van der Waals surface area contributed by atoms with Crippen molar-refractivity contribution < 1.29 is 19.4 Å². The number of aliphatic carboxylic acids is 1. The third-order valence-corrected chi connectivity index (χ3v) is 5.86. The van der Waals surface area contributed by atoms with Crippen molar-refractivity contribution in [3.8, 4) is 11.5 Å². The summed E-state index contributed by atoms with van der Waals surface area (Å²) < 4.78 is 11.6. The third-order valence-electron chi connectivity index (χ3n) is 4.60. The maximum Gasteiger partial charge on any atom is 0.316 e. The Labute approximate surface area is 181 Å². The topological polar surface area (TPSA) is 68.7 Å². The summed E-state index contributed by atoms with van der Waals surface area (Å²) in [4.78, 5) is 16.6. The van der Waals surface area contributed by atoms with Gasteiger partial charge in [-0.3, -0.25) is 9.78 Å². The zero-order chi connectivity index (χ0) is 21.2. The number of pyridine rings is 1. The van der Waals surface area contributed by atoms with E-state index in [1.165, 1.54) is 11.8 Å². The molecule has 0 fully saturated rings. The SMILES string of the molecule is CCCCC(Sc1ccc(OCCCOc2ccc3ncccc3c2)cc1)C(=O)O. The van der Waals surface area contributed by atoms with Gasteiger partial charge < -0.3 is 14.6 Å². The number of fused-ring (bicyclic) bond motifs is 1. The van der Waals surface area contributed by atoms with Crippen LogP contribution in [0, 0.1) is 0 Å². The highest BCUT2D eigenvalue weighted by atomic mass is 32.2. The standard InChI is InChI=1S/C24H27NO4S/c1-2-3-7-23(24(26)27)30-21-11-8-19(9-12-21)28-15-5-16-29-20-10-13-22-18(17-20)6-4-14-25-22/h4,6,8-14,17,23H,2-3,5,7,15-16H2,1H3,(H,26,27). The molecule has 1 unspecified atom stereocenters.